The third-order valence-corrected chi connectivity index (χ3v) is 3.51. The van der Waals surface area contributed by atoms with Gasteiger partial charge in [-0.2, -0.15) is 0 Å². The normalized spacial score (nSPS) is 12.0. The van der Waals surface area contributed by atoms with Gasteiger partial charge in [-0.15, -0.1) is 0 Å². The second-order valence-corrected chi connectivity index (χ2v) is 6.21. The predicted molar refractivity (Wildman–Crippen MR) is 94.7 cm³/mol. The summed E-state index contributed by atoms with van der Waals surface area (Å²) in [5.74, 6) is 1.05. The van der Waals surface area contributed by atoms with Gasteiger partial charge in [0, 0.05) is 23.1 Å². The number of nitrogens with zero attached hydrogens (tertiary/aromatic N) is 2. The van der Waals surface area contributed by atoms with Crippen LogP contribution in [-0.2, 0) is 0 Å². The molecule has 1 atom stereocenters. The van der Waals surface area contributed by atoms with Crippen LogP contribution in [-0.4, -0.2) is 33.8 Å². The number of carbonyl (C=O) groups is 1. The van der Waals surface area contributed by atoms with E-state index in [9.17, 15) is 9.90 Å². The summed E-state index contributed by atoms with van der Waals surface area (Å²) in [6, 6.07) is 8.61. The molecule has 1 heterocycles. The third-order valence-electron chi connectivity index (χ3n) is 3.51. The Morgan fingerprint density at radius 1 is 1.21 bits per heavy atom. The Morgan fingerprint density at radius 2 is 1.92 bits per heavy atom. The van der Waals surface area contributed by atoms with E-state index in [0.29, 0.717) is 17.4 Å². The molecule has 24 heavy (non-hydrogen) atoms. The molecule has 0 aliphatic carbocycles. The molecule has 6 nitrogen and oxygen atoms in total. The van der Waals surface area contributed by atoms with Gasteiger partial charge in [-0.05, 0) is 49.6 Å². The molecule has 0 fully saturated rings. The topological polar surface area (TPSA) is 87.1 Å². The highest BCUT2D eigenvalue weighted by Crippen LogP contribution is 2.18. The van der Waals surface area contributed by atoms with Gasteiger partial charge in [0.2, 0.25) is 0 Å². The average molecular weight is 328 g/mol. The van der Waals surface area contributed by atoms with E-state index < -0.39 is 0 Å². The number of nitrogens with one attached hydrogen (secondary N) is 2. The van der Waals surface area contributed by atoms with Crippen LogP contribution < -0.4 is 10.6 Å². The Balaban J connectivity index is 1.97. The molecule has 3 N–H and O–H groups in total. The maximum absolute atomic E-state index is 12.0. The van der Waals surface area contributed by atoms with E-state index in [1.807, 2.05) is 39.0 Å². The largest absolute Gasteiger partial charge is 0.394 e. The van der Waals surface area contributed by atoms with Crippen molar-refractivity contribution in [3.05, 3.63) is 42.2 Å². The summed E-state index contributed by atoms with van der Waals surface area (Å²) in [7, 11) is 0. The molecule has 0 aliphatic heterocycles. The maximum Gasteiger partial charge on any atom is 0.319 e. The van der Waals surface area contributed by atoms with Crippen molar-refractivity contribution in [1.82, 2.24) is 15.3 Å². The number of benzene rings is 1. The van der Waals surface area contributed by atoms with Gasteiger partial charge in [-0.25, -0.2) is 14.8 Å². The zero-order chi connectivity index (χ0) is 17.5. The summed E-state index contributed by atoms with van der Waals surface area (Å²) in [5, 5.41) is 14.9. The van der Waals surface area contributed by atoms with Crippen molar-refractivity contribution in [2.45, 2.75) is 33.2 Å². The molecular weight excluding hydrogens is 304 g/mol. The number of aliphatic hydroxyl groups excluding tert-OH is 1. The van der Waals surface area contributed by atoms with Gasteiger partial charge in [-0.1, -0.05) is 13.8 Å². The monoisotopic (exact) mass is 328 g/mol. The number of urea groups is 1. The van der Waals surface area contributed by atoms with Gasteiger partial charge in [0.25, 0.3) is 0 Å². The molecule has 0 saturated heterocycles. The first-order valence-electron chi connectivity index (χ1n) is 8.06. The van der Waals surface area contributed by atoms with E-state index >= 15 is 0 Å². The van der Waals surface area contributed by atoms with E-state index in [1.165, 1.54) is 0 Å². The molecule has 0 saturated carbocycles. The second-order valence-electron chi connectivity index (χ2n) is 6.21. The van der Waals surface area contributed by atoms with Crippen molar-refractivity contribution in [1.29, 1.82) is 0 Å². The molecule has 1 aromatic carbocycles. The minimum absolute atomic E-state index is 0.0742. The highest BCUT2D eigenvalue weighted by Gasteiger charge is 2.13. The van der Waals surface area contributed by atoms with Gasteiger partial charge >= 0.3 is 6.03 Å². The smallest absolute Gasteiger partial charge is 0.319 e. The highest BCUT2D eigenvalue weighted by molar-refractivity contribution is 5.89. The number of carbonyl (C=O) groups excluding carboxylic acids is 1. The first kappa shape index (κ1) is 17.9. The number of aryl methyl sites for hydroxylation is 1. The molecule has 0 aliphatic rings. The fourth-order valence-electron chi connectivity index (χ4n) is 2.39. The molecule has 0 bridgehead atoms. The number of aliphatic hydroxyl groups is 1. The maximum atomic E-state index is 12.0. The van der Waals surface area contributed by atoms with E-state index in [2.05, 4.69) is 20.6 Å². The fourth-order valence-corrected chi connectivity index (χ4v) is 2.39. The molecule has 1 aromatic heterocycles. The molecule has 1 unspecified atom stereocenters. The summed E-state index contributed by atoms with van der Waals surface area (Å²) in [5.41, 5.74) is 2.46. The standard InChI is InChI=1S/C18H24N4O2/c1-12(2)10-16(11-23)22-18(24)21-15-6-4-14(5-7-15)17-19-9-8-13(3)20-17/h4-9,12,16,23H,10-11H2,1-3H3,(H2,21,22,24). The van der Waals surface area contributed by atoms with Gasteiger partial charge in [0.1, 0.15) is 0 Å². The van der Waals surface area contributed by atoms with Crippen LogP contribution in [0.1, 0.15) is 26.0 Å². The summed E-state index contributed by atoms with van der Waals surface area (Å²) in [6.07, 6.45) is 2.45. The molecular formula is C18H24N4O2. The van der Waals surface area contributed by atoms with Crippen molar-refractivity contribution in [2.75, 3.05) is 11.9 Å². The second kappa shape index (κ2) is 8.40. The summed E-state index contributed by atoms with van der Waals surface area (Å²) in [6.45, 7) is 5.94. The van der Waals surface area contributed by atoms with Crippen LogP contribution in [0.2, 0.25) is 0 Å². The van der Waals surface area contributed by atoms with Crippen LogP contribution in [0.5, 0.6) is 0 Å². The van der Waals surface area contributed by atoms with Crippen LogP contribution in [0.4, 0.5) is 10.5 Å². The van der Waals surface area contributed by atoms with E-state index in [1.54, 1.807) is 18.3 Å². The van der Waals surface area contributed by atoms with Crippen LogP contribution >= 0.6 is 0 Å². The number of amides is 2. The molecule has 2 rings (SSSR count). The highest BCUT2D eigenvalue weighted by atomic mass is 16.3. The van der Waals surface area contributed by atoms with Crippen molar-refractivity contribution in [2.24, 2.45) is 5.92 Å². The number of hydrogen-bond donors (Lipinski definition) is 3. The predicted octanol–water partition coefficient (Wildman–Crippen LogP) is 2.98. The van der Waals surface area contributed by atoms with E-state index in [4.69, 9.17) is 0 Å². The lowest BCUT2D eigenvalue weighted by molar-refractivity contribution is 0.214. The van der Waals surface area contributed by atoms with Crippen LogP contribution in [0, 0.1) is 12.8 Å². The van der Waals surface area contributed by atoms with Crippen molar-refractivity contribution >= 4 is 11.7 Å². The molecule has 0 spiro atoms. The third kappa shape index (κ3) is 5.31. The van der Waals surface area contributed by atoms with Gasteiger partial charge in [0.15, 0.2) is 5.82 Å². The Kier molecular flexibility index (Phi) is 6.26. The Morgan fingerprint density at radius 3 is 2.50 bits per heavy atom. The summed E-state index contributed by atoms with van der Waals surface area (Å²) >= 11 is 0. The minimum Gasteiger partial charge on any atom is -0.394 e. The van der Waals surface area contributed by atoms with Crippen LogP contribution in [0.3, 0.4) is 0 Å². The number of rotatable bonds is 6. The van der Waals surface area contributed by atoms with Gasteiger partial charge < -0.3 is 15.7 Å². The fraction of sp³-hybridized carbons (Fsp3) is 0.389. The van der Waals surface area contributed by atoms with Crippen molar-refractivity contribution < 1.29 is 9.90 Å². The SMILES string of the molecule is Cc1ccnc(-c2ccc(NC(=O)NC(CO)CC(C)C)cc2)n1. The Bertz CT molecular complexity index is 671. The van der Waals surface area contributed by atoms with E-state index in [0.717, 1.165) is 17.7 Å². The molecule has 128 valence electrons. The summed E-state index contributed by atoms with van der Waals surface area (Å²) < 4.78 is 0. The lowest BCUT2D eigenvalue weighted by Gasteiger charge is -2.18. The average Bonchev–Trinajstić information content (AvgIpc) is 2.54. The number of anilines is 1. The van der Waals surface area contributed by atoms with Crippen LogP contribution in [0.15, 0.2) is 36.5 Å². The first-order chi connectivity index (χ1) is 11.5. The Hall–Kier alpha value is -2.47. The first-order valence-corrected chi connectivity index (χ1v) is 8.06. The zero-order valence-electron chi connectivity index (χ0n) is 14.3. The molecule has 6 heteroatoms. The van der Waals surface area contributed by atoms with Gasteiger partial charge in [0.05, 0.1) is 12.6 Å². The lowest BCUT2D eigenvalue weighted by Crippen LogP contribution is -2.40. The molecule has 2 amide bonds. The summed E-state index contributed by atoms with van der Waals surface area (Å²) in [4.78, 5) is 20.6. The molecule has 0 radical (unpaired) electrons. The van der Waals surface area contributed by atoms with Crippen molar-refractivity contribution in [3.63, 3.8) is 0 Å². The quantitative estimate of drug-likeness (QED) is 0.761. The number of aromatic nitrogens is 2. The van der Waals surface area contributed by atoms with Crippen LogP contribution in [0.25, 0.3) is 11.4 Å². The van der Waals surface area contributed by atoms with E-state index in [-0.39, 0.29) is 18.7 Å². The number of hydrogen-bond acceptors (Lipinski definition) is 4. The lowest BCUT2D eigenvalue weighted by atomic mass is 10.0. The van der Waals surface area contributed by atoms with Crippen molar-refractivity contribution in [3.8, 4) is 11.4 Å². The Labute approximate surface area is 142 Å². The zero-order valence-corrected chi connectivity index (χ0v) is 14.3. The minimum atomic E-state index is -0.325. The van der Waals surface area contributed by atoms with Gasteiger partial charge in [-0.3, -0.25) is 0 Å². The molecule has 2 aromatic rings.